The molecule has 0 saturated carbocycles. The Morgan fingerprint density at radius 3 is 2.04 bits per heavy atom. The molecule has 0 saturated heterocycles. The summed E-state index contributed by atoms with van der Waals surface area (Å²) in [6.07, 6.45) is 2.23. The van der Waals surface area contributed by atoms with Crippen molar-refractivity contribution in [1.82, 2.24) is 0 Å². The lowest BCUT2D eigenvalue weighted by molar-refractivity contribution is 0.243. The number of rotatable bonds is 8. The van der Waals surface area contributed by atoms with E-state index in [1.54, 1.807) is 0 Å². The molecule has 130 valence electrons. The molecule has 0 aliphatic rings. The van der Waals surface area contributed by atoms with Gasteiger partial charge in [0.1, 0.15) is 5.75 Å². The van der Waals surface area contributed by atoms with Crippen LogP contribution in [-0.4, -0.2) is 15.2 Å². The van der Waals surface area contributed by atoms with E-state index in [0.29, 0.717) is 0 Å². The Hall–Kier alpha value is -1.58. The predicted octanol–water partition coefficient (Wildman–Crippen LogP) is 5.91. The van der Waals surface area contributed by atoms with Crippen molar-refractivity contribution in [2.24, 2.45) is 0 Å². The van der Waals surface area contributed by atoms with E-state index in [0.717, 1.165) is 25.2 Å². The van der Waals surface area contributed by atoms with E-state index >= 15 is 0 Å². The first-order valence-corrected chi connectivity index (χ1v) is 11.7. The van der Waals surface area contributed by atoms with Crippen LogP contribution < -0.4 is 4.43 Å². The van der Waals surface area contributed by atoms with Gasteiger partial charge in [0.15, 0.2) is 0 Å². The Balaban J connectivity index is 2.08. The molecule has 2 nitrogen and oxygen atoms in total. The van der Waals surface area contributed by atoms with E-state index in [4.69, 9.17) is 8.85 Å². The number of hydrogen-bond acceptors (Lipinski definition) is 2. The van der Waals surface area contributed by atoms with E-state index < -0.39 is 8.56 Å². The van der Waals surface area contributed by atoms with Crippen molar-refractivity contribution in [3.63, 3.8) is 0 Å². The molecule has 0 radical (unpaired) electrons. The minimum Gasteiger partial charge on any atom is -0.520 e. The molecular formula is C21H30O2Si. The van der Waals surface area contributed by atoms with Crippen LogP contribution in [0.15, 0.2) is 54.6 Å². The number of hydrogen-bond donors (Lipinski definition) is 0. The molecule has 0 heterocycles. The standard InChI is InChI=1S/C21H30O2Si/c1-6-7-17-22-24(4,5)23-20-15-13-19(14-16-20)21(2,3)18-11-9-8-10-12-18/h8-16H,6-7,17H2,1-5H3. The van der Waals surface area contributed by atoms with Crippen molar-refractivity contribution >= 4 is 8.56 Å². The first kappa shape index (κ1) is 18.8. The van der Waals surface area contributed by atoms with Crippen molar-refractivity contribution < 1.29 is 8.85 Å². The second-order valence-corrected chi connectivity index (χ2v) is 10.5. The van der Waals surface area contributed by atoms with Crippen molar-refractivity contribution in [2.75, 3.05) is 6.61 Å². The van der Waals surface area contributed by atoms with Crippen molar-refractivity contribution in [1.29, 1.82) is 0 Å². The molecule has 0 aliphatic heterocycles. The summed E-state index contributed by atoms with van der Waals surface area (Å²) < 4.78 is 12.1. The smallest absolute Gasteiger partial charge is 0.392 e. The lowest BCUT2D eigenvalue weighted by atomic mass is 9.78. The fourth-order valence-electron chi connectivity index (χ4n) is 2.74. The molecule has 0 unspecified atom stereocenters. The fourth-order valence-corrected chi connectivity index (χ4v) is 4.14. The average molecular weight is 343 g/mol. The van der Waals surface area contributed by atoms with Crippen LogP contribution in [0.1, 0.15) is 44.7 Å². The van der Waals surface area contributed by atoms with Gasteiger partial charge >= 0.3 is 8.56 Å². The van der Waals surface area contributed by atoms with Crippen LogP contribution in [0.4, 0.5) is 0 Å². The van der Waals surface area contributed by atoms with Gasteiger partial charge in [-0.2, -0.15) is 0 Å². The van der Waals surface area contributed by atoms with Crippen molar-refractivity contribution in [3.8, 4) is 5.75 Å². The zero-order chi connectivity index (χ0) is 17.6. The molecule has 0 atom stereocenters. The average Bonchev–Trinajstić information content (AvgIpc) is 2.56. The van der Waals surface area contributed by atoms with E-state index in [-0.39, 0.29) is 5.41 Å². The molecule has 0 aromatic heterocycles. The molecule has 0 aliphatic carbocycles. The summed E-state index contributed by atoms with van der Waals surface area (Å²) >= 11 is 0. The maximum Gasteiger partial charge on any atom is 0.392 e. The molecule has 0 bridgehead atoms. The molecule has 0 N–H and O–H groups in total. The van der Waals surface area contributed by atoms with Gasteiger partial charge in [-0.05, 0) is 42.8 Å². The molecule has 0 spiro atoms. The van der Waals surface area contributed by atoms with Gasteiger partial charge in [-0.1, -0.05) is 69.7 Å². The van der Waals surface area contributed by atoms with Crippen LogP contribution in [0.3, 0.4) is 0 Å². The lowest BCUT2D eigenvalue weighted by Crippen LogP contribution is -2.38. The van der Waals surface area contributed by atoms with Gasteiger partial charge < -0.3 is 8.85 Å². The maximum atomic E-state index is 6.14. The molecule has 3 heteroatoms. The van der Waals surface area contributed by atoms with E-state index in [1.165, 1.54) is 11.1 Å². The van der Waals surface area contributed by atoms with Gasteiger partial charge in [-0.25, -0.2) is 0 Å². The van der Waals surface area contributed by atoms with Gasteiger partial charge in [0.2, 0.25) is 0 Å². The van der Waals surface area contributed by atoms with Gasteiger partial charge in [0, 0.05) is 12.0 Å². The predicted molar refractivity (Wildman–Crippen MR) is 104 cm³/mol. The van der Waals surface area contributed by atoms with E-state index in [9.17, 15) is 0 Å². The van der Waals surface area contributed by atoms with Gasteiger partial charge in [-0.3, -0.25) is 0 Å². The Morgan fingerprint density at radius 2 is 1.46 bits per heavy atom. The highest BCUT2D eigenvalue weighted by Crippen LogP contribution is 2.32. The summed E-state index contributed by atoms with van der Waals surface area (Å²) in [7, 11) is -2.11. The summed E-state index contributed by atoms with van der Waals surface area (Å²) in [6, 6.07) is 19.1. The normalized spacial score (nSPS) is 12.2. The number of benzene rings is 2. The molecule has 0 amide bonds. The quantitative estimate of drug-likeness (QED) is 0.438. The topological polar surface area (TPSA) is 18.5 Å². The fraction of sp³-hybridized carbons (Fsp3) is 0.429. The molecule has 2 aromatic rings. The van der Waals surface area contributed by atoms with Crippen molar-refractivity contribution in [3.05, 3.63) is 65.7 Å². The summed E-state index contributed by atoms with van der Waals surface area (Å²) in [6.45, 7) is 11.7. The second kappa shape index (κ2) is 7.99. The molecule has 2 aromatic carbocycles. The van der Waals surface area contributed by atoms with Crippen molar-refractivity contribution in [2.45, 2.75) is 52.1 Å². The first-order valence-electron chi connectivity index (χ1n) is 8.84. The highest BCUT2D eigenvalue weighted by atomic mass is 28.4. The van der Waals surface area contributed by atoms with Crippen LogP contribution >= 0.6 is 0 Å². The molecule has 24 heavy (non-hydrogen) atoms. The highest BCUT2D eigenvalue weighted by Gasteiger charge is 2.27. The summed E-state index contributed by atoms with van der Waals surface area (Å²) in [5.41, 5.74) is 2.58. The number of unbranched alkanes of at least 4 members (excludes halogenated alkanes) is 1. The first-order chi connectivity index (χ1) is 11.3. The van der Waals surface area contributed by atoms with Gasteiger partial charge in [0.05, 0.1) is 0 Å². The highest BCUT2D eigenvalue weighted by molar-refractivity contribution is 6.65. The monoisotopic (exact) mass is 342 g/mol. The summed E-state index contributed by atoms with van der Waals surface area (Å²) in [4.78, 5) is 0. The third kappa shape index (κ3) is 4.95. The van der Waals surface area contributed by atoms with E-state index in [2.05, 4.69) is 88.5 Å². The lowest BCUT2D eigenvalue weighted by Gasteiger charge is -2.27. The minimum absolute atomic E-state index is 0.0235. The van der Waals surface area contributed by atoms with Crippen LogP contribution in [0.2, 0.25) is 13.1 Å². The van der Waals surface area contributed by atoms with E-state index in [1.807, 2.05) is 0 Å². The third-order valence-corrected chi connectivity index (χ3v) is 6.01. The van der Waals surface area contributed by atoms with Crippen LogP contribution in [0, 0.1) is 0 Å². The van der Waals surface area contributed by atoms with Crippen LogP contribution in [-0.2, 0) is 9.84 Å². The molecular weight excluding hydrogens is 312 g/mol. The molecule has 0 fully saturated rings. The second-order valence-electron chi connectivity index (χ2n) is 7.22. The Bertz CT molecular complexity index is 618. The maximum absolute atomic E-state index is 6.14. The SMILES string of the molecule is CCCCO[Si](C)(C)Oc1ccc(C(C)(C)c2ccccc2)cc1. The zero-order valence-electron chi connectivity index (χ0n) is 15.6. The third-order valence-electron chi connectivity index (χ3n) is 4.38. The minimum atomic E-state index is -2.11. The van der Waals surface area contributed by atoms with Gasteiger partial charge in [-0.15, -0.1) is 0 Å². The molecule has 2 rings (SSSR count). The summed E-state index contributed by atoms with van der Waals surface area (Å²) in [5.74, 6) is 0.899. The Morgan fingerprint density at radius 1 is 0.875 bits per heavy atom. The zero-order valence-corrected chi connectivity index (χ0v) is 16.6. The Labute approximate surface area is 148 Å². The largest absolute Gasteiger partial charge is 0.520 e. The Kier molecular flexibility index (Phi) is 6.25. The van der Waals surface area contributed by atoms with Crippen LogP contribution in [0.25, 0.3) is 0 Å². The van der Waals surface area contributed by atoms with Gasteiger partial charge in [0.25, 0.3) is 0 Å². The van der Waals surface area contributed by atoms with Crippen LogP contribution in [0.5, 0.6) is 5.75 Å². The summed E-state index contributed by atoms with van der Waals surface area (Å²) in [5, 5.41) is 0.